The van der Waals surface area contributed by atoms with Crippen LogP contribution in [0.3, 0.4) is 0 Å². The number of carbonyl (C=O) groups excluding carboxylic acids is 1. The summed E-state index contributed by atoms with van der Waals surface area (Å²) in [6, 6.07) is 0. The van der Waals surface area contributed by atoms with E-state index < -0.39 is 0 Å². The number of nitrogens with zero attached hydrogens (tertiary/aromatic N) is 1. The number of carbonyl (C=O) groups is 1. The number of hydrogen-bond acceptors (Lipinski definition) is 2. The second kappa shape index (κ2) is 5.97. The molecule has 1 aliphatic rings. The molecule has 3 heteroatoms. The monoisotopic (exact) mass is 184 g/mol. The fourth-order valence-corrected chi connectivity index (χ4v) is 1.73. The lowest BCUT2D eigenvalue weighted by Crippen LogP contribution is -2.31. The largest absolute Gasteiger partial charge is 0.343 e. The maximum absolute atomic E-state index is 11.6. The summed E-state index contributed by atoms with van der Waals surface area (Å²) in [6.07, 6.45) is 6.37. The average molecular weight is 184 g/mol. The molecule has 0 aliphatic carbocycles. The van der Waals surface area contributed by atoms with Gasteiger partial charge in [-0.2, -0.15) is 0 Å². The average Bonchev–Trinajstić information content (AvgIpc) is 2.42. The van der Waals surface area contributed by atoms with Gasteiger partial charge in [-0.05, 0) is 25.8 Å². The first-order valence-corrected chi connectivity index (χ1v) is 5.32. The topological polar surface area (TPSA) is 46.3 Å². The molecule has 0 atom stereocenters. The Morgan fingerprint density at radius 3 is 2.31 bits per heavy atom. The number of rotatable bonds is 3. The normalized spacial score (nSPS) is 18.4. The highest BCUT2D eigenvalue weighted by atomic mass is 16.2. The molecule has 0 aromatic heterocycles. The van der Waals surface area contributed by atoms with E-state index in [4.69, 9.17) is 5.73 Å². The lowest BCUT2D eigenvalue weighted by atomic mass is 10.2. The lowest BCUT2D eigenvalue weighted by molar-refractivity contribution is -0.131. The van der Waals surface area contributed by atoms with Gasteiger partial charge in [0.15, 0.2) is 0 Å². The number of amides is 1. The number of hydrogen-bond donors (Lipinski definition) is 1. The summed E-state index contributed by atoms with van der Waals surface area (Å²) in [5, 5.41) is 0. The van der Waals surface area contributed by atoms with E-state index in [-0.39, 0.29) is 0 Å². The molecule has 3 nitrogen and oxygen atoms in total. The van der Waals surface area contributed by atoms with Crippen LogP contribution in [-0.2, 0) is 4.79 Å². The third-order valence-electron chi connectivity index (χ3n) is 2.55. The van der Waals surface area contributed by atoms with Crippen LogP contribution in [0.4, 0.5) is 0 Å². The Kier molecular flexibility index (Phi) is 4.83. The van der Waals surface area contributed by atoms with E-state index in [0.29, 0.717) is 18.9 Å². The first-order chi connectivity index (χ1) is 6.34. The van der Waals surface area contributed by atoms with Crippen LogP contribution >= 0.6 is 0 Å². The molecular weight excluding hydrogens is 164 g/mol. The molecule has 2 N–H and O–H groups in total. The molecule has 1 fully saturated rings. The first-order valence-electron chi connectivity index (χ1n) is 5.32. The maximum atomic E-state index is 11.6. The summed E-state index contributed by atoms with van der Waals surface area (Å²) in [5.41, 5.74) is 5.37. The standard InChI is InChI=1S/C10H20N2O/c11-7-5-6-10(13)12-8-3-1-2-4-9-12/h1-9,11H2. The van der Waals surface area contributed by atoms with Crippen LogP contribution in [0.2, 0.25) is 0 Å². The molecule has 0 saturated carbocycles. The van der Waals surface area contributed by atoms with Crippen molar-refractivity contribution >= 4 is 5.91 Å². The van der Waals surface area contributed by atoms with Gasteiger partial charge in [-0.25, -0.2) is 0 Å². The van der Waals surface area contributed by atoms with Gasteiger partial charge in [0, 0.05) is 19.5 Å². The summed E-state index contributed by atoms with van der Waals surface area (Å²) >= 11 is 0. The van der Waals surface area contributed by atoms with Gasteiger partial charge in [0.2, 0.25) is 5.91 Å². The van der Waals surface area contributed by atoms with Crippen molar-refractivity contribution in [3.8, 4) is 0 Å². The van der Waals surface area contributed by atoms with Crippen LogP contribution in [0.5, 0.6) is 0 Å². The Morgan fingerprint density at radius 1 is 1.15 bits per heavy atom. The molecule has 0 aromatic rings. The number of likely N-dealkylation sites (tertiary alicyclic amines) is 1. The predicted molar refractivity (Wildman–Crippen MR) is 53.3 cm³/mol. The molecule has 76 valence electrons. The Labute approximate surface area is 80.3 Å². The molecule has 13 heavy (non-hydrogen) atoms. The van der Waals surface area contributed by atoms with Crippen LogP contribution in [-0.4, -0.2) is 30.4 Å². The van der Waals surface area contributed by atoms with Gasteiger partial charge < -0.3 is 10.6 Å². The molecule has 1 aliphatic heterocycles. The van der Waals surface area contributed by atoms with Crippen LogP contribution in [0, 0.1) is 0 Å². The fourth-order valence-electron chi connectivity index (χ4n) is 1.73. The van der Waals surface area contributed by atoms with Crippen molar-refractivity contribution in [2.45, 2.75) is 38.5 Å². The molecule has 1 saturated heterocycles. The number of nitrogens with two attached hydrogens (primary N) is 1. The first kappa shape index (κ1) is 10.5. The van der Waals surface area contributed by atoms with Crippen molar-refractivity contribution in [2.75, 3.05) is 19.6 Å². The smallest absolute Gasteiger partial charge is 0.222 e. The minimum absolute atomic E-state index is 0.298. The van der Waals surface area contributed by atoms with Crippen LogP contribution < -0.4 is 5.73 Å². The third-order valence-corrected chi connectivity index (χ3v) is 2.55. The van der Waals surface area contributed by atoms with E-state index in [1.807, 2.05) is 4.90 Å². The molecule has 0 radical (unpaired) electrons. The maximum Gasteiger partial charge on any atom is 0.222 e. The van der Waals surface area contributed by atoms with Crippen LogP contribution in [0.15, 0.2) is 0 Å². The molecule has 1 amide bonds. The summed E-state index contributed by atoms with van der Waals surface area (Å²) in [6.45, 7) is 2.55. The van der Waals surface area contributed by atoms with Crippen molar-refractivity contribution < 1.29 is 4.79 Å². The zero-order valence-corrected chi connectivity index (χ0v) is 8.30. The molecule has 0 aromatic carbocycles. The van der Waals surface area contributed by atoms with Gasteiger partial charge in [0.1, 0.15) is 0 Å². The van der Waals surface area contributed by atoms with Crippen molar-refractivity contribution in [1.82, 2.24) is 4.90 Å². The molecular formula is C10H20N2O. The second-order valence-corrected chi connectivity index (χ2v) is 3.69. The quantitative estimate of drug-likeness (QED) is 0.714. The van der Waals surface area contributed by atoms with Gasteiger partial charge >= 0.3 is 0 Å². The van der Waals surface area contributed by atoms with E-state index in [9.17, 15) is 4.79 Å². The van der Waals surface area contributed by atoms with Gasteiger partial charge in [-0.1, -0.05) is 12.8 Å². The van der Waals surface area contributed by atoms with E-state index in [0.717, 1.165) is 19.5 Å². The van der Waals surface area contributed by atoms with Crippen molar-refractivity contribution in [1.29, 1.82) is 0 Å². The predicted octanol–water partition coefficient (Wildman–Crippen LogP) is 1.13. The third kappa shape index (κ3) is 3.77. The van der Waals surface area contributed by atoms with Crippen molar-refractivity contribution in [3.63, 3.8) is 0 Å². The minimum Gasteiger partial charge on any atom is -0.343 e. The molecule has 0 bridgehead atoms. The highest BCUT2D eigenvalue weighted by Gasteiger charge is 2.14. The Morgan fingerprint density at radius 2 is 1.77 bits per heavy atom. The highest BCUT2D eigenvalue weighted by Crippen LogP contribution is 2.10. The molecule has 0 unspecified atom stereocenters. The van der Waals surface area contributed by atoms with E-state index >= 15 is 0 Å². The van der Waals surface area contributed by atoms with Crippen LogP contribution in [0.25, 0.3) is 0 Å². The van der Waals surface area contributed by atoms with E-state index in [2.05, 4.69) is 0 Å². The summed E-state index contributed by atoms with van der Waals surface area (Å²) in [4.78, 5) is 13.6. The lowest BCUT2D eigenvalue weighted by Gasteiger charge is -2.19. The second-order valence-electron chi connectivity index (χ2n) is 3.69. The molecule has 1 heterocycles. The van der Waals surface area contributed by atoms with Crippen LogP contribution in [0.1, 0.15) is 38.5 Å². The SMILES string of the molecule is NCCCC(=O)N1CCCCCC1. The highest BCUT2D eigenvalue weighted by molar-refractivity contribution is 5.76. The Bertz CT molecular complexity index is 151. The van der Waals surface area contributed by atoms with E-state index in [1.165, 1.54) is 25.7 Å². The zero-order valence-electron chi connectivity index (χ0n) is 8.30. The Balaban J connectivity index is 2.26. The summed E-state index contributed by atoms with van der Waals surface area (Å²) in [5.74, 6) is 0.298. The van der Waals surface area contributed by atoms with Crippen molar-refractivity contribution in [3.05, 3.63) is 0 Å². The van der Waals surface area contributed by atoms with Gasteiger partial charge in [0.05, 0.1) is 0 Å². The van der Waals surface area contributed by atoms with E-state index in [1.54, 1.807) is 0 Å². The molecule has 1 rings (SSSR count). The zero-order chi connectivity index (χ0) is 9.52. The minimum atomic E-state index is 0.298. The fraction of sp³-hybridized carbons (Fsp3) is 0.900. The van der Waals surface area contributed by atoms with Gasteiger partial charge in [-0.3, -0.25) is 4.79 Å². The molecule has 0 spiro atoms. The van der Waals surface area contributed by atoms with Crippen molar-refractivity contribution in [2.24, 2.45) is 5.73 Å². The van der Waals surface area contributed by atoms with Gasteiger partial charge in [-0.15, -0.1) is 0 Å². The van der Waals surface area contributed by atoms with Gasteiger partial charge in [0.25, 0.3) is 0 Å². The Hall–Kier alpha value is -0.570. The summed E-state index contributed by atoms with van der Waals surface area (Å²) < 4.78 is 0. The summed E-state index contributed by atoms with van der Waals surface area (Å²) in [7, 11) is 0.